The van der Waals surface area contributed by atoms with Gasteiger partial charge in [-0.15, -0.1) is 0 Å². The fraction of sp³-hybridized carbons (Fsp3) is 0.533. The Hall–Kier alpha value is -0.810. The third kappa shape index (κ3) is 4.85. The lowest BCUT2D eigenvalue weighted by atomic mass is 10.0. The van der Waals surface area contributed by atoms with Gasteiger partial charge in [0.05, 0.1) is 18.1 Å². The van der Waals surface area contributed by atoms with Gasteiger partial charge in [0.2, 0.25) is 5.91 Å². The minimum Gasteiger partial charge on any atom is -0.388 e. The number of aliphatic hydroxyl groups excluding tert-OH is 1. The summed E-state index contributed by atoms with van der Waals surface area (Å²) in [6.45, 7) is 3.16. The fourth-order valence-electron chi connectivity index (χ4n) is 2.40. The third-order valence-electron chi connectivity index (χ3n) is 3.61. The zero-order valence-corrected chi connectivity index (χ0v) is 13.4. The lowest BCUT2D eigenvalue weighted by molar-refractivity contribution is -0.124. The van der Waals surface area contributed by atoms with Crippen molar-refractivity contribution in [2.75, 3.05) is 13.2 Å². The Morgan fingerprint density at radius 2 is 2.10 bits per heavy atom. The van der Waals surface area contributed by atoms with Crippen molar-refractivity contribution in [3.05, 3.63) is 33.8 Å². The normalized spacial score (nSPS) is 23.0. The Morgan fingerprint density at radius 1 is 1.43 bits per heavy atom. The molecule has 1 aliphatic rings. The zero-order valence-electron chi connectivity index (χ0n) is 11.9. The molecule has 1 saturated heterocycles. The summed E-state index contributed by atoms with van der Waals surface area (Å²) in [5.74, 6) is -0.227. The number of halogens is 2. The summed E-state index contributed by atoms with van der Waals surface area (Å²) in [6.07, 6.45) is 0.973. The van der Waals surface area contributed by atoms with E-state index >= 15 is 0 Å². The average Bonchev–Trinajstić information content (AvgIpc) is 2.83. The molecule has 2 atom stereocenters. The molecule has 0 aliphatic carbocycles. The molecule has 4 nitrogen and oxygen atoms in total. The van der Waals surface area contributed by atoms with Gasteiger partial charge >= 0.3 is 0 Å². The smallest absolute Gasteiger partial charge is 0.223 e. The van der Waals surface area contributed by atoms with Crippen molar-refractivity contribution in [2.45, 2.75) is 37.9 Å². The van der Waals surface area contributed by atoms with Gasteiger partial charge in [-0.1, -0.05) is 23.2 Å². The lowest BCUT2D eigenvalue weighted by Gasteiger charge is -2.23. The summed E-state index contributed by atoms with van der Waals surface area (Å²) in [7, 11) is 0. The van der Waals surface area contributed by atoms with Crippen molar-refractivity contribution >= 4 is 29.1 Å². The van der Waals surface area contributed by atoms with Crippen LogP contribution in [0.25, 0.3) is 0 Å². The minimum atomic E-state index is -0.932. The summed E-state index contributed by atoms with van der Waals surface area (Å²) >= 11 is 11.8. The largest absolute Gasteiger partial charge is 0.388 e. The summed E-state index contributed by atoms with van der Waals surface area (Å²) < 4.78 is 5.60. The molecule has 1 heterocycles. The van der Waals surface area contributed by atoms with E-state index in [9.17, 15) is 9.90 Å². The number of amides is 1. The van der Waals surface area contributed by atoms with E-state index in [1.807, 2.05) is 6.92 Å². The molecule has 1 aliphatic heterocycles. The molecule has 1 aromatic rings. The number of carbonyl (C=O) groups is 1. The highest BCUT2D eigenvalue weighted by Crippen LogP contribution is 2.26. The Bertz CT molecular complexity index is 495. The molecule has 0 spiro atoms. The van der Waals surface area contributed by atoms with Crippen molar-refractivity contribution < 1.29 is 14.6 Å². The van der Waals surface area contributed by atoms with Crippen LogP contribution in [0.5, 0.6) is 0 Å². The van der Waals surface area contributed by atoms with Crippen LogP contribution >= 0.6 is 23.2 Å². The molecule has 0 radical (unpaired) electrons. The molecule has 0 bridgehead atoms. The third-order valence-corrected chi connectivity index (χ3v) is 4.04. The molecule has 1 fully saturated rings. The van der Waals surface area contributed by atoms with Crippen molar-refractivity contribution in [3.8, 4) is 0 Å². The second-order valence-electron chi connectivity index (χ2n) is 5.60. The number of aliphatic hydroxyl groups is 1. The van der Waals surface area contributed by atoms with Gasteiger partial charge in [-0.25, -0.2) is 0 Å². The fourth-order valence-corrected chi connectivity index (χ4v) is 2.94. The lowest BCUT2D eigenvalue weighted by Crippen LogP contribution is -2.40. The summed E-state index contributed by atoms with van der Waals surface area (Å²) in [4.78, 5) is 11.9. The molecular weight excluding hydrogens is 313 g/mol. The van der Waals surface area contributed by atoms with Crippen LogP contribution in [0.4, 0.5) is 0 Å². The second-order valence-corrected chi connectivity index (χ2v) is 6.47. The molecule has 116 valence electrons. The molecule has 0 aromatic heterocycles. The van der Waals surface area contributed by atoms with Crippen LogP contribution < -0.4 is 5.32 Å². The van der Waals surface area contributed by atoms with Crippen LogP contribution in [0.3, 0.4) is 0 Å². The Kier molecular flexibility index (Phi) is 5.49. The number of nitrogens with one attached hydrogen (secondary N) is 1. The van der Waals surface area contributed by atoms with E-state index in [-0.39, 0.29) is 17.9 Å². The number of hydrogen-bond acceptors (Lipinski definition) is 3. The van der Waals surface area contributed by atoms with Gasteiger partial charge in [-0.3, -0.25) is 4.79 Å². The molecule has 1 aromatic carbocycles. The standard InChI is InChI=1S/C15H19Cl2NO3/c1-15(3-2-4-21-15)9-18-14(20)8-13(19)10-5-11(16)7-12(17)6-10/h5-7,13,19H,2-4,8-9H2,1H3,(H,18,20). The number of carbonyl (C=O) groups excluding carboxylic acids is 1. The molecule has 1 amide bonds. The van der Waals surface area contributed by atoms with E-state index in [0.29, 0.717) is 22.2 Å². The van der Waals surface area contributed by atoms with E-state index in [0.717, 1.165) is 19.4 Å². The van der Waals surface area contributed by atoms with Crippen LogP contribution in [0.1, 0.15) is 37.9 Å². The molecule has 6 heteroatoms. The van der Waals surface area contributed by atoms with E-state index in [1.54, 1.807) is 18.2 Å². The van der Waals surface area contributed by atoms with Crippen molar-refractivity contribution in [1.82, 2.24) is 5.32 Å². The first-order chi connectivity index (χ1) is 9.88. The van der Waals surface area contributed by atoms with Gasteiger partial charge in [-0.05, 0) is 43.5 Å². The summed E-state index contributed by atoms with van der Waals surface area (Å²) in [6, 6.07) is 4.79. The Morgan fingerprint density at radius 3 is 2.67 bits per heavy atom. The highest BCUT2D eigenvalue weighted by Gasteiger charge is 2.30. The number of benzene rings is 1. The SMILES string of the molecule is CC1(CNC(=O)CC(O)c2cc(Cl)cc(Cl)c2)CCCO1. The van der Waals surface area contributed by atoms with Crippen LogP contribution in [0.2, 0.25) is 10.0 Å². The first kappa shape index (κ1) is 16.6. The number of hydrogen-bond donors (Lipinski definition) is 2. The van der Waals surface area contributed by atoms with Crippen LogP contribution in [0.15, 0.2) is 18.2 Å². The van der Waals surface area contributed by atoms with Gasteiger partial charge in [0.25, 0.3) is 0 Å². The van der Waals surface area contributed by atoms with E-state index in [2.05, 4.69) is 5.32 Å². The van der Waals surface area contributed by atoms with Crippen LogP contribution in [-0.4, -0.2) is 29.8 Å². The predicted molar refractivity (Wildman–Crippen MR) is 82.6 cm³/mol. The maximum Gasteiger partial charge on any atom is 0.223 e. The van der Waals surface area contributed by atoms with Gasteiger partial charge in [0.1, 0.15) is 0 Å². The highest BCUT2D eigenvalue weighted by molar-refractivity contribution is 6.34. The van der Waals surface area contributed by atoms with Crippen molar-refractivity contribution in [3.63, 3.8) is 0 Å². The van der Waals surface area contributed by atoms with E-state index < -0.39 is 6.10 Å². The predicted octanol–water partition coefficient (Wildman–Crippen LogP) is 3.10. The minimum absolute atomic E-state index is 0.0350. The van der Waals surface area contributed by atoms with Gasteiger partial charge in [0, 0.05) is 23.2 Å². The second kappa shape index (κ2) is 6.97. The average molecular weight is 332 g/mol. The maximum atomic E-state index is 11.9. The first-order valence-electron chi connectivity index (χ1n) is 6.93. The van der Waals surface area contributed by atoms with Crippen LogP contribution in [0, 0.1) is 0 Å². The van der Waals surface area contributed by atoms with Crippen molar-refractivity contribution in [2.24, 2.45) is 0 Å². The number of ether oxygens (including phenoxy) is 1. The first-order valence-corrected chi connectivity index (χ1v) is 7.68. The van der Waals surface area contributed by atoms with Crippen LogP contribution in [-0.2, 0) is 9.53 Å². The molecule has 2 unspecified atom stereocenters. The quantitative estimate of drug-likeness (QED) is 0.871. The zero-order chi connectivity index (χ0) is 15.5. The molecule has 2 rings (SSSR count). The molecule has 2 N–H and O–H groups in total. The molecular formula is C15H19Cl2NO3. The topological polar surface area (TPSA) is 58.6 Å². The van der Waals surface area contributed by atoms with E-state index in [1.165, 1.54) is 0 Å². The number of rotatable bonds is 5. The Labute approximate surface area is 134 Å². The summed E-state index contributed by atoms with van der Waals surface area (Å²) in [5.41, 5.74) is 0.242. The van der Waals surface area contributed by atoms with Gasteiger partial charge < -0.3 is 15.2 Å². The van der Waals surface area contributed by atoms with E-state index in [4.69, 9.17) is 27.9 Å². The summed E-state index contributed by atoms with van der Waals surface area (Å²) in [5, 5.41) is 13.8. The highest BCUT2D eigenvalue weighted by atomic mass is 35.5. The molecule has 21 heavy (non-hydrogen) atoms. The van der Waals surface area contributed by atoms with Gasteiger partial charge in [0.15, 0.2) is 0 Å². The van der Waals surface area contributed by atoms with Crippen molar-refractivity contribution in [1.29, 1.82) is 0 Å². The van der Waals surface area contributed by atoms with Gasteiger partial charge in [-0.2, -0.15) is 0 Å². The maximum absolute atomic E-state index is 11.9. The molecule has 0 saturated carbocycles. The monoisotopic (exact) mass is 331 g/mol. The Balaban J connectivity index is 1.86.